The first-order valence-corrected chi connectivity index (χ1v) is 6.57. The molecular weight excluding hydrogens is 307 g/mol. The van der Waals surface area contributed by atoms with Crippen LogP contribution in [0.15, 0.2) is 29.4 Å². The van der Waals surface area contributed by atoms with Crippen molar-refractivity contribution in [2.75, 3.05) is 5.84 Å². The van der Waals surface area contributed by atoms with E-state index < -0.39 is 17.9 Å². The molecule has 0 bridgehead atoms. The fourth-order valence-corrected chi connectivity index (χ4v) is 2.29. The minimum absolute atomic E-state index is 0.0543. The number of alkyl halides is 3. The van der Waals surface area contributed by atoms with Crippen LogP contribution in [0.5, 0.6) is 0 Å². The summed E-state index contributed by atoms with van der Waals surface area (Å²) in [5, 5.41) is 6.36. The molecule has 2 rings (SSSR count). The van der Waals surface area contributed by atoms with Crippen molar-refractivity contribution in [3.8, 4) is 0 Å². The molecule has 0 fully saturated rings. The van der Waals surface area contributed by atoms with Crippen molar-refractivity contribution in [3.63, 3.8) is 0 Å². The molecular formula is C11H10F3N5OS. The van der Waals surface area contributed by atoms with E-state index in [0.717, 1.165) is 17.3 Å². The molecule has 0 atom stereocenters. The Hall–Kier alpha value is -2.23. The molecule has 6 nitrogen and oxygen atoms in total. The van der Waals surface area contributed by atoms with E-state index in [2.05, 4.69) is 10.2 Å². The molecule has 2 aromatic rings. The van der Waals surface area contributed by atoms with Crippen LogP contribution in [0.4, 0.5) is 13.2 Å². The number of benzene rings is 1. The number of nitrogens with two attached hydrogens (primary N) is 2. The Morgan fingerprint density at radius 3 is 2.33 bits per heavy atom. The second kappa shape index (κ2) is 5.64. The SMILES string of the molecule is NC(=O)c1ccc(CSc2nnc(C(F)(F)F)n2N)cc1. The number of halogens is 3. The monoisotopic (exact) mass is 317 g/mol. The lowest BCUT2D eigenvalue weighted by Crippen LogP contribution is -2.21. The summed E-state index contributed by atoms with van der Waals surface area (Å²) >= 11 is 1.000. The highest BCUT2D eigenvalue weighted by atomic mass is 32.2. The number of thioether (sulfide) groups is 1. The van der Waals surface area contributed by atoms with E-state index in [-0.39, 0.29) is 5.16 Å². The fraction of sp³-hybridized carbons (Fsp3) is 0.182. The molecule has 0 radical (unpaired) electrons. The quantitative estimate of drug-likeness (QED) is 0.656. The molecule has 0 unspecified atom stereocenters. The van der Waals surface area contributed by atoms with Crippen LogP contribution in [0, 0.1) is 0 Å². The number of hydrogen-bond donors (Lipinski definition) is 2. The van der Waals surface area contributed by atoms with Gasteiger partial charge < -0.3 is 11.6 Å². The minimum Gasteiger partial charge on any atom is -0.366 e. The van der Waals surface area contributed by atoms with E-state index in [9.17, 15) is 18.0 Å². The summed E-state index contributed by atoms with van der Waals surface area (Å²) in [6.45, 7) is 0. The van der Waals surface area contributed by atoms with Crippen LogP contribution < -0.4 is 11.6 Å². The highest BCUT2D eigenvalue weighted by Gasteiger charge is 2.38. The van der Waals surface area contributed by atoms with Crippen LogP contribution in [0.1, 0.15) is 21.7 Å². The van der Waals surface area contributed by atoms with Crippen molar-refractivity contribution in [2.24, 2.45) is 5.73 Å². The Bertz CT molecular complexity index is 653. The normalized spacial score (nSPS) is 11.6. The molecule has 1 heterocycles. The van der Waals surface area contributed by atoms with Crippen molar-refractivity contribution in [1.29, 1.82) is 0 Å². The summed E-state index contributed by atoms with van der Waals surface area (Å²) in [5.41, 5.74) is 6.23. The Labute approximate surface area is 121 Å². The van der Waals surface area contributed by atoms with E-state index in [1.807, 2.05) is 0 Å². The lowest BCUT2D eigenvalue weighted by Gasteiger charge is -2.06. The third-order valence-corrected chi connectivity index (χ3v) is 3.54. The summed E-state index contributed by atoms with van der Waals surface area (Å²) < 4.78 is 37.9. The van der Waals surface area contributed by atoms with Crippen LogP contribution in [0.3, 0.4) is 0 Å². The summed E-state index contributed by atoms with van der Waals surface area (Å²) in [6.07, 6.45) is -4.65. The Kier molecular flexibility index (Phi) is 4.07. The zero-order valence-corrected chi connectivity index (χ0v) is 11.3. The first-order chi connectivity index (χ1) is 9.79. The van der Waals surface area contributed by atoms with Crippen molar-refractivity contribution >= 4 is 17.7 Å². The van der Waals surface area contributed by atoms with Crippen LogP contribution in [0.25, 0.3) is 0 Å². The highest BCUT2D eigenvalue weighted by Crippen LogP contribution is 2.29. The third kappa shape index (κ3) is 3.45. The molecule has 0 aliphatic rings. The molecule has 4 N–H and O–H groups in total. The van der Waals surface area contributed by atoms with Crippen molar-refractivity contribution < 1.29 is 18.0 Å². The zero-order valence-electron chi connectivity index (χ0n) is 10.5. The average molecular weight is 317 g/mol. The molecule has 0 aliphatic heterocycles. The number of aromatic nitrogens is 3. The summed E-state index contributed by atoms with van der Waals surface area (Å²) in [6, 6.07) is 6.36. The molecule has 112 valence electrons. The zero-order chi connectivity index (χ0) is 15.6. The number of carbonyl (C=O) groups excluding carboxylic acids is 1. The number of carbonyl (C=O) groups is 1. The lowest BCUT2D eigenvalue weighted by molar-refractivity contribution is -0.146. The van der Waals surface area contributed by atoms with E-state index in [4.69, 9.17) is 11.6 Å². The van der Waals surface area contributed by atoms with Crippen LogP contribution in [-0.2, 0) is 11.9 Å². The van der Waals surface area contributed by atoms with Crippen LogP contribution >= 0.6 is 11.8 Å². The molecule has 1 aromatic carbocycles. The van der Waals surface area contributed by atoms with E-state index in [1.165, 1.54) is 12.1 Å². The van der Waals surface area contributed by atoms with Gasteiger partial charge in [0.25, 0.3) is 5.82 Å². The predicted molar refractivity (Wildman–Crippen MR) is 69.7 cm³/mol. The summed E-state index contributed by atoms with van der Waals surface area (Å²) in [5.74, 6) is 3.83. The Morgan fingerprint density at radius 2 is 1.86 bits per heavy atom. The summed E-state index contributed by atoms with van der Waals surface area (Å²) in [7, 11) is 0. The first-order valence-electron chi connectivity index (χ1n) is 5.58. The number of primary amides is 1. The number of amides is 1. The van der Waals surface area contributed by atoms with Crippen LogP contribution in [-0.4, -0.2) is 20.8 Å². The first kappa shape index (κ1) is 15.2. The molecule has 10 heteroatoms. The van der Waals surface area contributed by atoms with Gasteiger partial charge in [-0.15, -0.1) is 10.2 Å². The van der Waals surface area contributed by atoms with Gasteiger partial charge in [-0.05, 0) is 17.7 Å². The highest BCUT2D eigenvalue weighted by molar-refractivity contribution is 7.98. The van der Waals surface area contributed by atoms with Gasteiger partial charge in [0.1, 0.15) is 0 Å². The number of rotatable bonds is 4. The van der Waals surface area contributed by atoms with Crippen molar-refractivity contribution in [2.45, 2.75) is 17.1 Å². The van der Waals surface area contributed by atoms with Crippen molar-refractivity contribution in [1.82, 2.24) is 14.9 Å². The van der Waals surface area contributed by atoms with Gasteiger partial charge in [0.2, 0.25) is 11.1 Å². The Morgan fingerprint density at radius 1 is 1.24 bits per heavy atom. The Balaban J connectivity index is 2.07. The molecule has 0 saturated heterocycles. The minimum atomic E-state index is -4.65. The maximum Gasteiger partial charge on any atom is 0.453 e. The maximum atomic E-state index is 12.5. The van der Waals surface area contributed by atoms with Crippen molar-refractivity contribution in [3.05, 3.63) is 41.2 Å². The smallest absolute Gasteiger partial charge is 0.366 e. The third-order valence-electron chi connectivity index (χ3n) is 2.52. The van der Waals surface area contributed by atoms with Gasteiger partial charge >= 0.3 is 6.18 Å². The van der Waals surface area contributed by atoms with E-state index in [0.29, 0.717) is 16.0 Å². The van der Waals surface area contributed by atoms with Crippen LogP contribution in [0.2, 0.25) is 0 Å². The van der Waals surface area contributed by atoms with Gasteiger partial charge in [0.15, 0.2) is 0 Å². The fourth-order valence-electron chi connectivity index (χ4n) is 1.48. The number of nitrogens with zero attached hydrogens (tertiary/aromatic N) is 3. The molecule has 0 aliphatic carbocycles. The number of hydrogen-bond acceptors (Lipinski definition) is 5. The second-order valence-electron chi connectivity index (χ2n) is 4.02. The van der Waals surface area contributed by atoms with Gasteiger partial charge in [-0.25, -0.2) is 4.68 Å². The maximum absolute atomic E-state index is 12.5. The standard InChI is InChI=1S/C11H10F3N5OS/c12-11(13,14)9-17-18-10(19(9)16)21-5-6-1-3-7(4-2-6)8(15)20/h1-4H,5,16H2,(H2,15,20). The molecule has 0 saturated carbocycles. The summed E-state index contributed by atoms with van der Waals surface area (Å²) in [4.78, 5) is 10.9. The molecule has 0 spiro atoms. The largest absolute Gasteiger partial charge is 0.453 e. The van der Waals surface area contributed by atoms with Gasteiger partial charge in [0, 0.05) is 11.3 Å². The average Bonchev–Trinajstić information content (AvgIpc) is 2.78. The van der Waals surface area contributed by atoms with Gasteiger partial charge in [-0.3, -0.25) is 4.79 Å². The van der Waals surface area contributed by atoms with E-state index in [1.54, 1.807) is 12.1 Å². The predicted octanol–water partition coefficient (Wildman–Crippen LogP) is 1.40. The lowest BCUT2D eigenvalue weighted by atomic mass is 10.1. The van der Waals surface area contributed by atoms with Gasteiger partial charge in [-0.1, -0.05) is 23.9 Å². The second-order valence-corrected chi connectivity index (χ2v) is 4.97. The number of nitrogen functional groups attached to an aromatic ring is 1. The van der Waals surface area contributed by atoms with Gasteiger partial charge in [-0.2, -0.15) is 13.2 Å². The molecule has 1 amide bonds. The molecule has 1 aromatic heterocycles. The van der Waals surface area contributed by atoms with Gasteiger partial charge in [0.05, 0.1) is 0 Å². The topological polar surface area (TPSA) is 99.8 Å². The molecule has 21 heavy (non-hydrogen) atoms. The van der Waals surface area contributed by atoms with E-state index >= 15 is 0 Å².